The van der Waals surface area contributed by atoms with Crippen LogP contribution in [0.2, 0.25) is 5.02 Å². The molecule has 1 fully saturated rings. The van der Waals surface area contributed by atoms with Gasteiger partial charge in [0.2, 0.25) is 5.82 Å². The summed E-state index contributed by atoms with van der Waals surface area (Å²) in [5.74, 6) is -0.181. The molecule has 7 nitrogen and oxygen atoms in total. The van der Waals surface area contributed by atoms with Crippen molar-refractivity contribution in [3.05, 3.63) is 76.8 Å². The normalized spacial score (nSPS) is 15.7. The average Bonchev–Trinajstić information content (AvgIpc) is 3.25. The number of aryl methyl sites for hydroxylation is 1. The van der Waals surface area contributed by atoms with E-state index in [1.54, 1.807) is 26.6 Å². The van der Waals surface area contributed by atoms with Crippen LogP contribution in [0, 0.1) is 6.92 Å². The Morgan fingerprint density at radius 2 is 1.77 bits per heavy atom. The molecule has 160 valence electrons. The van der Waals surface area contributed by atoms with Gasteiger partial charge in [-0.25, -0.2) is 9.67 Å². The minimum atomic E-state index is -0.574. The Labute approximate surface area is 186 Å². The maximum atomic E-state index is 13.2. The first-order valence-electron chi connectivity index (χ1n) is 10.1. The van der Waals surface area contributed by atoms with Crippen molar-refractivity contribution in [3.63, 3.8) is 0 Å². The van der Waals surface area contributed by atoms with Gasteiger partial charge in [-0.2, -0.15) is 0 Å². The summed E-state index contributed by atoms with van der Waals surface area (Å²) in [5, 5.41) is 4.89. The van der Waals surface area contributed by atoms with Crippen molar-refractivity contribution >= 4 is 23.4 Å². The van der Waals surface area contributed by atoms with Crippen LogP contribution in [0.15, 0.2) is 54.9 Å². The van der Waals surface area contributed by atoms with Crippen LogP contribution in [0.3, 0.4) is 0 Å². The van der Waals surface area contributed by atoms with Gasteiger partial charge >= 0.3 is 0 Å². The van der Waals surface area contributed by atoms with Gasteiger partial charge < -0.3 is 9.80 Å². The Morgan fingerprint density at radius 3 is 2.48 bits per heavy atom. The van der Waals surface area contributed by atoms with E-state index in [1.165, 1.54) is 6.33 Å². The first kappa shape index (κ1) is 21.1. The van der Waals surface area contributed by atoms with E-state index < -0.39 is 5.54 Å². The molecule has 0 bridgehead atoms. The van der Waals surface area contributed by atoms with Gasteiger partial charge in [0.1, 0.15) is 6.33 Å². The Kier molecular flexibility index (Phi) is 5.54. The smallest absolute Gasteiger partial charge is 0.294 e. The van der Waals surface area contributed by atoms with Gasteiger partial charge in [-0.15, -0.1) is 5.10 Å². The summed E-state index contributed by atoms with van der Waals surface area (Å²) in [6.07, 6.45) is 1.54. The zero-order valence-corrected chi connectivity index (χ0v) is 18.5. The molecule has 0 unspecified atom stereocenters. The van der Waals surface area contributed by atoms with Crippen molar-refractivity contribution < 1.29 is 9.59 Å². The predicted octanol–water partition coefficient (Wildman–Crippen LogP) is 3.61. The molecule has 31 heavy (non-hydrogen) atoms. The van der Waals surface area contributed by atoms with Crippen LogP contribution in [-0.2, 0) is 0 Å². The highest BCUT2D eigenvalue weighted by Crippen LogP contribution is 2.25. The van der Waals surface area contributed by atoms with Crippen LogP contribution in [-0.4, -0.2) is 61.6 Å². The Bertz CT molecular complexity index is 1130. The summed E-state index contributed by atoms with van der Waals surface area (Å²) in [7, 11) is 0. The van der Waals surface area contributed by atoms with Gasteiger partial charge in [-0.05, 0) is 50.6 Å². The van der Waals surface area contributed by atoms with Gasteiger partial charge in [-0.1, -0.05) is 35.9 Å². The van der Waals surface area contributed by atoms with Crippen LogP contribution in [0.1, 0.15) is 40.4 Å². The van der Waals surface area contributed by atoms with Crippen LogP contribution in [0.4, 0.5) is 0 Å². The van der Waals surface area contributed by atoms with E-state index >= 15 is 0 Å². The molecule has 0 spiro atoms. The fourth-order valence-electron chi connectivity index (χ4n) is 3.89. The molecule has 1 aliphatic rings. The number of benzene rings is 2. The van der Waals surface area contributed by atoms with Crippen molar-refractivity contribution in [2.24, 2.45) is 0 Å². The second-order valence-corrected chi connectivity index (χ2v) is 8.74. The molecule has 1 aromatic heterocycles. The second-order valence-electron chi connectivity index (χ2n) is 8.30. The summed E-state index contributed by atoms with van der Waals surface area (Å²) in [5.41, 5.74) is 1.73. The Hall–Kier alpha value is -3.19. The summed E-state index contributed by atoms with van der Waals surface area (Å²) in [4.78, 5) is 34.0. The maximum absolute atomic E-state index is 13.2. The number of halogens is 1. The van der Waals surface area contributed by atoms with E-state index in [1.807, 2.05) is 57.2 Å². The summed E-state index contributed by atoms with van der Waals surface area (Å²) in [6.45, 7) is 7.02. The standard InChI is InChI=1S/C23H24ClN5O2/c1-16-9-10-17(24)13-19(16)21(30)27-11-12-28(23(2,3)14-27)22(31)20-25-15-29(26-20)18-7-5-4-6-8-18/h4-10,13,15H,11-12,14H2,1-3H3. The minimum Gasteiger partial charge on any atom is -0.335 e. The average molecular weight is 438 g/mol. The number of amides is 2. The third kappa shape index (κ3) is 4.18. The van der Waals surface area contributed by atoms with Crippen LogP contribution in [0.5, 0.6) is 0 Å². The molecule has 1 aliphatic heterocycles. The summed E-state index contributed by atoms with van der Waals surface area (Å²) >= 11 is 6.10. The monoisotopic (exact) mass is 437 g/mol. The third-order valence-corrected chi connectivity index (χ3v) is 5.80. The number of para-hydroxylation sites is 1. The number of aromatic nitrogens is 3. The number of carbonyl (C=O) groups excluding carboxylic acids is 2. The molecule has 2 amide bonds. The Morgan fingerprint density at radius 1 is 1.03 bits per heavy atom. The lowest BCUT2D eigenvalue weighted by atomic mass is 9.97. The first-order valence-corrected chi connectivity index (χ1v) is 10.5. The molecule has 2 heterocycles. The van der Waals surface area contributed by atoms with E-state index in [-0.39, 0.29) is 17.6 Å². The largest absolute Gasteiger partial charge is 0.335 e. The van der Waals surface area contributed by atoms with Gasteiger partial charge in [0.25, 0.3) is 11.8 Å². The number of hydrogen-bond acceptors (Lipinski definition) is 4. The third-order valence-electron chi connectivity index (χ3n) is 5.57. The number of nitrogens with zero attached hydrogens (tertiary/aromatic N) is 5. The molecule has 0 N–H and O–H groups in total. The van der Waals surface area contributed by atoms with Gasteiger partial charge in [-0.3, -0.25) is 9.59 Å². The molecule has 0 aliphatic carbocycles. The SMILES string of the molecule is Cc1ccc(Cl)cc1C(=O)N1CCN(C(=O)c2ncn(-c3ccccc3)n2)C(C)(C)C1. The van der Waals surface area contributed by atoms with Crippen molar-refractivity contribution in [3.8, 4) is 5.69 Å². The maximum Gasteiger partial charge on any atom is 0.294 e. The van der Waals surface area contributed by atoms with Crippen LogP contribution < -0.4 is 0 Å². The fourth-order valence-corrected chi connectivity index (χ4v) is 4.06. The van der Waals surface area contributed by atoms with Gasteiger partial charge in [0.15, 0.2) is 0 Å². The molecular weight excluding hydrogens is 414 g/mol. The second kappa shape index (κ2) is 8.15. The molecule has 4 rings (SSSR count). The quantitative estimate of drug-likeness (QED) is 0.627. The van der Waals surface area contributed by atoms with E-state index in [0.29, 0.717) is 30.2 Å². The zero-order valence-electron chi connectivity index (χ0n) is 17.7. The zero-order chi connectivity index (χ0) is 22.2. The van der Waals surface area contributed by atoms with Crippen LogP contribution >= 0.6 is 11.6 Å². The molecule has 8 heteroatoms. The molecule has 0 radical (unpaired) electrons. The molecule has 3 aromatic rings. The van der Waals surface area contributed by atoms with E-state index in [9.17, 15) is 9.59 Å². The van der Waals surface area contributed by atoms with Crippen molar-refractivity contribution in [2.75, 3.05) is 19.6 Å². The lowest BCUT2D eigenvalue weighted by Gasteiger charge is -2.46. The summed E-state index contributed by atoms with van der Waals surface area (Å²) < 4.78 is 1.59. The Balaban J connectivity index is 1.51. The fraction of sp³-hybridized carbons (Fsp3) is 0.304. The topological polar surface area (TPSA) is 71.3 Å². The first-order chi connectivity index (χ1) is 14.8. The van der Waals surface area contributed by atoms with E-state index in [4.69, 9.17) is 11.6 Å². The number of rotatable bonds is 3. The molecular formula is C23H24ClN5O2. The molecule has 2 aromatic carbocycles. The predicted molar refractivity (Wildman–Crippen MR) is 119 cm³/mol. The molecule has 0 atom stereocenters. The summed E-state index contributed by atoms with van der Waals surface area (Å²) in [6, 6.07) is 14.8. The van der Waals surface area contributed by atoms with Crippen molar-refractivity contribution in [1.82, 2.24) is 24.6 Å². The molecule has 1 saturated heterocycles. The number of carbonyl (C=O) groups is 2. The van der Waals surface area contributed by atoms with E-state index in [0.717, 1.165) is 11.3 Å². The highest BCUT2D eigenvalue weighted by Gasteiger charge is 2.40. The number of piperazine rings is 1. The lowest BCUT2D eigenvalue weighted by molar-refractivity contribution is 0.0160. The van der Waals surface area contributed by atoms with E-state index in [2.05, 4.69) is 10.1 Å². The lowest BCUT2D eigenvalue weighted by Crippen LogP contribution is -2.62. The highest BCUT2D eigenvalue weighted by molar-refractivity contribution is 6.31. The highest BCUT2D eigenvalue weighted by atomic mass is 35.5. The van der Waals surface area contributed by atoms with Gasteiger partial charge in [0, 0.05) is 30.2 Å². The molecule has 0 saturated carbocycles. The van der Waals surface area contributed by atoms with Crippen LogP contribution in [0.25, 0.3) is 5.69 Å². The minimum absolute atomic E-state index is 0.0772. The number of hydrogen-bond donors (Lipinski definition) is 0. The van der Waals surface area contributed by atoms with Gasteiger partial charge in [0.05, 0.1) is 11.2 Å². The van der Waals surface area contributed by atoms with Crippen molar-refractivity contribution in [1.29, 1.82) is 0 Å². The van der Waals surface area contributed by atoms with Crippen molar-refractivity contribution in [2.45, 2.75) is 26.3 Å².